The average Bonchev–Trinajstić information content (AvgIpc) is 2.47. The Morgan fingerprint density at radius 3 is 2.63 bits per heavy atom. The van der Waals surface area contributed by atoms with E-state index in [2.05, 4.69) is 4.98 Å². The number of pyridine rings is 1. The van der Waals surface area contributed by atoms with Crippen LogP contribution in [0, 0.1) is 5.82 Å². The highest BCUT2D eigenvalue weighted by molar-refractivity contribution is 5.85. The lowest BCUT2D eigenvalue weighted by Crippen LogP contribution is -1.89. The van der Waals surface area contributed by atoms with Gasteiger partial charge in [-0.3, -0.25) is 9.78 Å². The summed E-state index contributed by atoms with van der Waals surface area (Å²) in [4.78, 5) is 15.1. The summed E-state index contributed by atoms with van der Waals surface area (Å²) in [5, 5.41) is 1.05. The van der Waals surface area contributed by atoms with E-state index in [-0.39, 0.29) is 5.56 Å². The smallest absolute Gasteiger partial charge is 0.153 e. The van der Waals surface area contributed by atoms with Gasteiger partial charge in [0.2, 0.25) is 0 Å². The first-order valence-corrected chi connectivity index (χ1v) is 5.88. The third kappa shape index (κ3) is 2.10. The normalized spacial score (nSPS) is 10.6. The van der Waals surface area contributed by atoms with Crippen LogP contribution in [-0.4, -0.2) is 11.3 Å². The predicted octanol–water partition coefficient (Wildman–Crippen LogP) is 3.85. The van der Waals surface area contributed by atoms with Gasteiger partial charge in [0, 0.05) is 11.6 Å². The minimum Gasteiger partial charge on any atom is -0.298 e. The van der Waals surface area contributed by atoms with E-state index < -0.39 is 5.82 Å². The third-order valence-corrected chi connectivity index (χ3v) is 3.06. The third-order valence-electron chi connectivity index (χ3n) is 3.06. The molecule has 1 heterocycles. The number of fused-ring (bicyclic) bond motifs is 1. The fraction of sp³-hybridized carbons (Fsp3) is 0. The molecule has 3 rings (SSSR count). The van der Waals surface area contributed by atoms with Crippen molar-refractivity contribution < 1.29 is 9.18 Å². The van der Waals surface area contributed by atoms with Crippen LogP contribution in [0.5, 0.6) is 0 Å². The lowest BCUT2D eigenvalue weighted by atomic mass is 10.0. The van der Waals surface area contributed by atoms with Gasteiger partial charge in [0.1, 0.15) is 5.82 Å². The highest BCUT2D eigenvalue weighted by Gasteiger charge is 2.05. The maximum atomic E-state index is 13.3. The summed E-state index contributed by atoms with van der Waals surface area (Å²) >= 11 is 0. The van der Waals surface area contributed by atoms with E-state index in [1.54, 1.807) is 18.3 Å². The van der Waals surface area contributed by atoms with Gasteiger partial charge in [-0.05, 0) is 35.4 Å². The lowest BCUT2D eigenvalue weighted by molar-refractivity contribution is 0.112. The van der Waals surface area contributed by atoms with E-state index in [4.69, 9.17) is 0 Å². The van der Waals surface area contributed by atoms with Crippen molar-refractivity contribution in [3.05, 3.63) is 66.1 Å². The highest BCUT2D eigenvalue weighted by Crippen LogP contribution is 2.24. The Morgan fingerprint density at radius 2 is 1.79 bits per heavy atom. The molecule has 0 amide bonds. The first-order valence-electron chi connectivity index (χ1n) is 5.88. The van der Waals surface area contributed by atoms with Crippen LogP contribution in [0.1, 0.15) is 10.4 Å². The Morgan fingerprint density at radius 1 is 1.00 bits per heavy atom. The summed E-state index contributed by atoms with van der Waals surface area (Å²) in [5.41, 5.74) is 2.65. The first-order chi connectivity index (χ1) is 9.28. The molecule has 0 unspecified atom stereocenters. The summed E-state index contributed by atoms with van der Waals surface area (Å²) in [6, 6.07) is 14.2. The number of rotatable bonds is 2. The molecule has 0 atom stereocenters. The number of nitrogens with zero attached hydrogens (tertiary/aromatic N) is 1. The zero-order valence-electron chi connectivity index (χ0n) is 10.0. The molecular formula is C16H10FNO. The van der Waals surface area contributed by atoms with Crippen molar-refractivity contribution >= 4 is 17.2 Å². The molecule has 0 aliphatic heterocycles. The number of hydrogen-bond acceptors (Lipinski definition) is 2. The maximum Gasteiger partial charge on any atom is 0.153 e. The molecule has 0 spiro atoms. The number of halogens is 1. The molecule has 3 heteroatoms. The van der Waals surface area contributed by atoms with Gasteiger partial charge in [0.15, 0.2) is 6.29 Å². The highest BCUT2D eigenvalue weighted by atomic mass is 19.1. The monoisotopic (exact) mass is 251 g/mol. The fourth-order valence-corrected chi connectivity index (χ4v) is 2.06. The van der Waals surface area contributed by atoms with E-state index in [1.165, 1.54) is 6.07 Å². The van der Waals surface area contributed by atoms with Gasteiger partial charge in [0.25, 0.3) is 0 Å². The van der Waals surface area contributed by atoms with Crippen molar-refractivity contribution in [3.63, 3.8) is 0 Å². The quantitative estimate of drug-likeness (QED) is 0.647. The number of aldehydes is 1. The largest absolute Gasteiger partial charge is 0.298 e. The number of hydrogen-bond donors (Lipinski definition) is 0. The van der Waals surface area contributed by atoms with Crippen molar-refractivity contribution in [1.29, 1.82) is 0 Å². The lowest BCUT2D eigenvalue weighted by Gasteiger charge is -2.05. The molecule has 92 valence electrons. The second-order valence-electron chi connectivity index (χ2n) is 4.27. The number of benzene rings is 2. The molecule has 0 fully saturated rings. The molecule has 19 heavy (non-hydrogen) atoms. The summed E-state index contributed by atoms with van der Waals surface area (Å²) in [5.74, 6) is -0.502. The maximum absolute atomic E-state index is 13.3. The van der Waals surface area contributed by atoms with Crippen LogP contribution in [-0.2, 0) is 0 Å². The van der Waals surface area contributed by atoms with E-state index in [1.807, 2.05) is 30.3 Å². The van der Waals surface area contributed by atoms with Crippen molar-refractivity contribution in [3.8, 4) is 11.1 Å². The van der Waals surface area contributed by atoms with Crippen molar-refractivity contribution in [1.82, 2.24) is 4.98 Å². The number of carbonyl (C=O) groups is 1. The molecule has 2 aromatic carbocycles. The summed E-state index contributed by atoms with van der Waals surface area (Å²) < 4.78 is 13.3. The summed E-state index contributed by atoms with van der Waals surface area (Å²) in [6.45, 7) is 0. The van der Waals surface area contributed by atoms with Gasteiger partial charge in [-0.25, -0.2) is 4.39 Å². The van der Waals surface area contributed by atoms with Crippen LogP contribution in [0.15, 0.2) is 54.7 Å². The average molecular weight is 251 g/mol. The SMILES string of the molecule is O=Cc1cc(-c2ccc3cccnc3c2)ccc1F. The number of carbonyl (C=O) groups excluding carboxylic acids is 1. The van der Waals surface area contributed by atoms with Gasteiger partial charge in [-0.1, -0.05) is 24.3 Å². The molecule has 0 saturated heterocycles. The second-order valence-corrected chi connectivity index (χ2v) is 4.27. The van der Waals surface area contributed by atoms with Crippen molar-refractivity contribution in [2.24, 2.45) is 0 Å². The Hall–Kier alpha value is -2.55. The Bertz CT molecular complexity index is 768. The minimum absolute atomic E-state index is 0.0682. The van der Waals surface area contributed by atoms with Gasteiger partial charge >= 0.3 is 0 Å². The van der Waals surface area contributed by atoms with E-state index in [0.29, 0.717) is 6.29 Å². The predicted molar refractivity (Wildman–Crippen MR) is 72.5 cm³/mol. The Kier molecular flexibility index (Phi) is 2.80. The summed E-state index contributed by atoms with van der Waals surface area (Å²) in [6.07, 6.45) is 2.26. The Labute approximate surface area is 109 Å². The van der Waals surface area contributed by atoms with Gasteiger partial charge < -0.3 is 0 Å². The van der Waals surface area contributed by atoms with Crippen LogP contribution < -0.4 is 0 Å². The zero-order chi connectivity index (χ0) is 13.2. The van der Waals surface area contributed by atoms with E-state index in [0.717, 1.165) is 22.0 Å². The molecule has 0 saturated carbocycles. The molecular weight excluding hydrogens is 241 g/mol. The molecule has 0 radical (unpaired) electrons. The van der Waals surface area contributed by atoms with Gasteiger partial charge in [0.05, 0.1) is 11.1 Å². The molecule has 0 aliphatic carbocycles. The molecule has 0 bridgehead atoms. The Balaban J connectivity index is 2.16. The van der Waals surface area contributed by atoms with Gasteiger partial charge in [-0.15, -0.1) is 0 Å². The van der Waals surface area contributed by atoms with E-state index in [9.17, 15) is 9.18 Å². The number of aromatic nitrogens is 1. The standard InChI is InChI=1S/C16H10FNO/c17-15-6-5-12(8-14(15)10-19)13-4-3-11-2-1-7-18-16(11)9-13/h1-10H. The van der Waals surface area contributed by atoms with Crippen LogP contribution in [0.25, 0.3) is 22.0 Å². The molecule has 0 N–H and O–H groups in total. The van der Waals surface area contributed by atoms with Gasteiger partial charge in [-0.2, -0.15) is 0 Å². The topological polar surface area (TPSA) is 30.0 Å². The zero-order valence-corrected chi connectivity index (χ0v) is 10.0. The van der Waals surface area contributed by atoms with Crippen molar-refractivity contribution in [2.75, 3.05) is 0 Å². The van der Waals surface area contributed by atoms with Crippen LogP contribution in [0.3, 0.4) is 0 Å². The minimum atomic E-state index is -0.502. The van der Waals surface area contributed by atoms with Crippen LogP contribution >= 0.6 is 0 Å². The van der Waals surface area contributed by atoms with Crippen molar-refractivity contribution in [2.45, 2.75) is 0 Å². The second kappa shape index (κ2) is 4.61. The van der Waals surface area contributed by atoms with E-state index >= 15 is 0 Å². The summed E-state index contributed by atoms with van der Waals surface area (Å²) in [7, 11) is 0. The first kappa shape index (κ1) is 11.5. The van der Waals surface area contributed by atoms with Crippen LogP contribution in [0.2, 0.25) is 0 Å². The molecule has 1 aromatic heterocycles. The molecule has 2 nitrogen and oxygen atoms in total. The fourth-order valence-electron chi connectivity index (χ4n) is 2.06. The molecule has 3 aromatic rings. The molecule has 0 aliphatic rings. The van der Waals surface area contributed by atoms with Crippen LogP contribution in [0.4, 0.5) is 4.39 Å².